The highest BCUT2D eigenvalue weighted by Gasteiger charge is 2.43. The van der Waals surface area contributed by atoms with Crippen LogP contribution in [0.3, 0.4) is 0 Å². The summed E-state index contributed by atoms with van der Waals surface area (Å²) in [5.41, 5.74) is 6.08. The fourth-order valence-corrected chi connectivity index (χ4v) is 4.20. The quantitative estimate of drug-likeness (QED) is 0.639. The maximum Gasteiger partial charge on any atom is 0.335 e. The second kappa shape index (κ2) is 6.15. The first-order chi connectivity index (χ1) is 12.9. The zero-order valence-electron chi connectivity index (χ0n) is 16.2. The number of ether oxygens (including phenoxy) is 1. The lowest BCUT2D eigenvalue weighted by Gasteiger charge is -2.20. The maximum atomic E-state index is 11.6. The van der Waals surface area contributed by atoms with Crippen molar-refractivity contribution in [3.8, 4) is 5.75 Å². The van der Waals surface area contributed by atoms with Gasteiger partial charge in [0.2, 0.25) is 0 Å². The van der Waals surface area contributed by atoms with Crippen molar-refractivity contribution in [2.75, 3.05) is 7.11 Å². The third kappa shape index (κ3) is 2.80. The molecule has 1 saturated carbocycles. The van der Waals surface area contributed by atoms with Gasteiger partial charge in [0.05, 0.1) is 12.7 Å². The van der Waals surface area contributed by atoms with E-state index in [9.17, 15) is 9.90 Å². The number of carboxylic acid groups (broad SMARTS) is 1. The van der Waals surface area contributed by atoms with Gasteiger partial charge in [0, 0.05) is 34.0 Å². The van der Waals surface area contributed by atoms with Gasteiger partial charge in [0.1, 0.15) is 5.75 Å². The Bertz CT molecular complexity index is 1040. The van der Waals surface area contributed by atoms with E-state index >= 15 is 0 Å². The van der Waals surface area contributed by atoms with Gasteiger partial charge in [-0.15, -0.1) is 0 Å². The van der Waals surface area contributed by atoms with Crippen LogP contribution in [0.1, 0.15) is 65.3 Å². The van der Waals surface area contributed by atoms with Gasteiger partial charge in [-0.05, 0) is 54.7 Å². The van der Waals surface area contributed by atoms with Gasteiger partial charge in [0.25, 0.3) is 0 Å². The predicted octanol–water partition coefficient (Wildman–Crippen LogP) is 5.39. The molecular weight excluding hydrogens is 338 g/mol. The molecule has 0 aliphatic heterocycles. The van der Waals surface area contributed by atoms with E-state index in [1.807, 2.05) is 31.2 Å². The lowest BCUT2D eigenvalue weighted by molar-refractivity contribution is 0.0696. The number of fused-ring (bicyclic) bond motifs is 1. The lowest BCUT2D eigenvalue weighted by atomic mass is 9.84. The molecule has 0 bridgehead atoms. The van der Waals surface area contributed by atoms with Gasteiger partial charge in [0.15, 0.2) is 0 Å². The fraction of sp³-hybridized carbons (Fsp3) is 0.348. The molecule has 1 aliphatic carbocycles. The second-order valence-corrected chi connectivity index (χ2v) is 7.93. The lowest BCUT2D eigenvalue weighted by Crippen LogP contribution is -2.10. The molecule has 140 valence electrons. The molecule has 1 aromatic heterocycles. The van der Waals surface area contributed by atoms with Gasteiger partial charge >= 0.3 is 5.97 Å². The number of methoxy groups -OCH3 is 1. The summed E-state index contributed by atoms with van der Waals surface area (Å²) >= 11 is 0. The highest BCUT2D eigenvalue weighted by molar-refractivity contribution is 5.90. The topological polar surface area (TPSA) is 62.3 Å². The van der Waals surface area contributed by atoms with Gasteiger partial charge in [-0.1, -0.05) is 26.0 Å². The van der Waals surface area contributed by atoms with E-state index in [2.05, 4.69) is 24.9 Å². The third-order valence-electron chi connectivity index (χ3n) is 6.16. The minimum Gasteiger partial charge on any atom is -0.497 e. The molecule has 1 aliphatic rings. The summed E-state index contributed by atoms with van der Waals surface area (Å²) in [5.74, 6) is 0.0537. The van der Waals surface area contributed by atoms with E-state index in [4.69, 9.17) is 4.74 Å². The molecular formula is C23H25NO3. The molecule has 3 aromatic rings. The van der Waals surface area contributed by atoms with Crippen LogP contribution in [0, 0.1) is 6.92 Å². The number of aromatic amines is 1. The third-order valence-corrected chi connectivity index (χ3v) is 6.16. The Hall–Kier alpha value is -2.75. The normalized spacial score (nSPS) is 16.3. The van der Waals surface area contributed by atoms with Crippen LogP contribution in [-0.4, -0.2) is 23.2 Å². The second-order valence-electron chi connectivity index (χ2n) is 7.93. The summed E-state index contributed by atoms with van der Waals surface area (Å²) in [5, 5.41) is 10.7. The van der Waals surface area contributed by atoms with Gasteiger partial charge in [-0.3, -0.25) is 0 Å². The van der Waals surface area contributed by atoms with Gasteiger partial charge in [-0.2, -0.15) is 0 Å². The van der Waals surface area contributed by atoms with Crippen molar-refractivity contribution in [1.29, 1.82) is 0 Å². The smallest absolute Gasteiger partial charge is 0.335 e. The van der Waals surface area contributed by atoms with Crippen LogP contribution in [0.5, 0.6) is 5.75 Å². The number of rotatable bonds is 5. The van der Waals surface area contributed by atoms with E-state index < -0.39 is 5.97 Å². The Morgan fingerprint density at radius 2 is 2.00 bits per heavy atom. The summed E-state index contributed by atoms with van der Waals surface area (Å²) in [6.45, 7) is 6.38. The number of benzene rings is 2. The predicted molar refractivity (Wildman–Crippen MR) is 107 cm³/mol. The molecule has 0 saturated heterocycles. The van der Waals surface area contributed by atoms with Gasteiger partial charge < -0.3 is 14.8 Å². The van der Waals surface area contributed by atoms with E-state index in [1.165, 1.54) is 29.5 Å². The average Bonchev–Trinajstić information content (AvgIpc) is 3.28. The van der Waals surface area contributed by atoms with Gasteiger partial charge in [-0.25, -0.2) is 4.79 Å². The fourth-order valence-electron chi connectivity index (χ4n) is 4.20. The largest absolute Gasteiger partial charge is 0.497 e. The van der Waals surface area contributed by atoms with E-state index in [1.54, 1.807) is 13.2 Å². The van der Waals surface area contributed by atoms with E-state index in [-0.39, 0.29) is 11.3 Å². The summed E-state index contributed by atoms with van der Waals surface area (Å²) in [4.78, 5) is 15.2. The van der Waals surface area contributed by atoms with Crippen LogP contribution in [0.4, 0.5) is 0 Å². The molecule has 2 aromatic carbocycles. The SMILES string of the molecule is COc1ccc2c(C(C)c3cccc(C(=O)O)c3C)c(C3(C)CC3)[nH]c2c1. The zero-order chi connectivity index (χ0) is 19.3. The molecule has 1 atom stereocenters. The van der Waals surface area contributed by atoms with Crippen molar-refractivity contribution in [1.82, 2.24) is 4.98 Å². The molecule has 0 amide bonds. The van der Waals surface area contributed by atoms with Crippen molar-refractivity contribution in [2.24, 2.45) is 0 Å². The van der Waals surface area contributed by atoms with E-state index in [0.29, 0.717) is 5.56 Å². The molecule has 1 heterocycles. The molecule has 4 rings (SSSR count). The molecule has 0 radical (unpaired) electrons. The van der Waals surface area contributed by atoms with Crippen molar-refractivity contribution in [3.63, 3.8) is 0 Å². The molecule has 2 N–H and O–H groups in total. The Morgan fingerprint density at radius 1 is 1.26 bits per heavy atom. The van der Waals surface area contributed by atoms with Crippen molar-refractivity contribution in [3.05, 3.63) is 64.3 Å². The average molecular weight is 363 g/mol. The van der Waals surface area contributed by atoms with Crippen LogP contribution >= 0.6 is 0 Å². The first-order valence-corrected chi connectivity index (χ1v) is 9.38. The molecule has 1 fully saturated rings. The van der Waals surface area contributed by atoms with E-state index in [0.717, 1.165) is 22.4 Å². The summed E-state index contributed by atoms with van der Waals surface area (Å²) in [6.07, 6.45) is 2.34. The molecule has 1 unspecified atom stereocenters. The van der Waals surface area contributed by atoms with Crippen molar-refractivity contribution < 1.29 is 14.6 Å². The van der Waals surface area contributed by atoms with Crippen LogP contribution in [0.15, 0.2) is 36.4 Å². The summed E-state index contributed by atoms with van der Waals surface area (Å²) in [7, 11) is 1.68. The van der Waals surface area contributed by atoms with Crippen LogP contribution < -0.4 is 4.74 Å². The first-order valence-electron chi connectivity index (χ1n) is 9.38. The Kier molecular flexibility index (Phi) is 4.02. The number of H-pyrrole nitrogens is 1. The summed E-state index contributed by atoms with van der Waals surface area (Å²) in [6, 6.07) is 11.7. The van der Waals surface area contributed by atoms with Crippen LogP contribution in [0.25, 0.3) is 10.9 Å². The summed E-state index contributed by atoms with van der Waals surface area (Å²) < 4.78 is 5.39. The van der Waals surface area contributed by atoms with Crippen molar-refractivity contribution in [2.45, 2.75) is 44.9 Å². The minimum absolute atomic E-state index is 0.0962. The highest BCUT2D eigenvalue weighted by atomic mass is 16.5. The molecule has 27 heavy (non-hydrogen) atoms. The number of carboxylic acids is 1. The van der Waals surface area contributed by atoms with Crippen molar-refractivity contribution >= 4 is 16.9 Å². The standard InChI is InChI=1S/C23H25NO3/c1-13-16(6-5-7-17(13)22(25)26)14(2)20-18-9-8-15(27-4)12-19(18)24-21(20)23(3)10-11-23/h5-9,12,14,24H,10-11H2,1-4H3,(H,25,26). The number of hydrogen-bond acceptors (Lipinski definition) is 2. The van der Waals surface area contributed by atoms with Crippen LogP contribution in [-0.2, 0) is 5.41 Å². The number of carbonyl (C=O) groups is 1. The highest BCUT2D eigenvalue weighted by Crippen LogP contribution is 2.52. The number of hydrogen-bond donors (Lipinski definition) is 2. The number of nitrogens with one attached hydrogen (secondary N) is 1. The first kappa shape index (κ1) is 17.7. The molecule has 4 nitrogen and oxygen atoms in total. The molecule has 0 spiro atoms. The number of aromatic carboxylic acids is 1. The Labute approximate surface area is 159 Å². The Balaban J connectivity index is 1.93. The maximum absolute atomic E-state index is 11.6. The minimum atomic E-state index is -0.875. The van der Waals surface area contributed by atoms with Crippen LogP contribution in [0.2, 0.25) is 0 Å². The molecule has 4 heteroatoms. The zero-order valence-corrected chi connectivity index (χ0v) is 16.2. The number of aromatic nitrogens is 1. The monoisotopic (exact) mass is 363 g/mol. The Morgan fingerprint density at radius 3 is 2.63 bits per heavy atom.